The smallest absolute Gasteiger partial charge is 0.280 e. The van der Waals surface area contributed by atoms with Gasteiger partial charge in [0.15, 0.2) is 5.67 Å². The molecule has 1 unspecified atom stereocenters. The highest BCUT2D eigenvalue weighted by atomic mass is 19.3. The molecule has 1 aromatic rings. The zero-order valence-corrected chi connectivity index (χ0v) is 16.9. The number of aromatic nitrogens is 1. The van der Waals surface area contributed by atoms with Gasteiger partial charge in [-0.15, -0.1) is 0 Å². The number of halogens is 3. The number of pyridine rings is 1. The van der Waals surface area contributed by atoms with Crippen LogP contribution in [0.15, 0.2) is 23.3 Å². The van der Waals surface area contributed by atoms with Crippen molar-refractivity contribution >= 4 is 6.21 Å². The second-order valence-electron chi connectivity index (χ2n) is 7.05. The standard InChI is InChI=1S/C20H33F3N4/c1-5-27(6-2)12-8-7-10-24-15-18-13-17(9-11-26-18)14-25-16-19(3,21)20(4,22)23/h9,11,13-14,24H,5-8,10,12,15-16H2,1-4H3. The van der Waals surface area contributed by atoms with E-state index in [1.807, 2.05) is 6.07 Å². The summed E-state index contributed by atoms with van der Waals surface area (Å²) in [7, 11) is 0. The molecule has 154 valence electrons. The highest BCUT2D eigenvalue weighted by molar-refractivity contribution is 5.79. The summed E-state index contributed by atoms with van der Waals surface area (Å²) in [6.07, 6.45) is 5.30. The van der Waals surface area contributed by atoms with Gasteiger partial charge in [0.1, 0.15) is 0 Å². The van der Waals surface area contributed by atoms with Gasteiger partial charge in [0, 0.05) is 25.9 Å². The van der Waals surface area contributed by atoms with Crippen LogP contribution < -0.4 is 5.32 Å². The molecule has 0 spiro atoms. The molecule has 0 aromatic carbocycles. The minimum absolute atomic E-state index is 0.570. The zero-order valence-electron chi connectivity index (χ0n) is 16.9. The SMILES string of the molecule is CCN(CC)CCCCNCc1cc(C=NCC(C)(F)C(C)(F)F)ccn1. The molecule has 1 N–H and O–H groups in total. The second kappa shape index (κ2) is 11.4. The van der Waals surface area contributed by atoms with Gasteiger partial charge in [0.05, 0.1) is 12.2 Å². The Hall–Kier alpha value is -1.47. The molecule has 0 bridgehead atoms. The molecule has 0 saturated heterocycles. The van der Waals surface area contributed by atoms with Crippen molar-refractivity contribution in [2.24, 2.45) is 4.99 Å². The fourth-order valence-corrected chi connectivity index (χ4v) is 2.48. The van der Waals surface area contributed by atoms with Crippen molar-refractivity contribution in [1.29, 1.82) is 0 Å². The van der Waals surface area contributed by atoms with Crippen molar-refractivity contribution in [3.63, 3.8) is 0 Å². The Morgan fingerprint density at radius 2 is 1.89 bits per heavy atom. The number of rotatable bonds is 13. The third-order valence-electron chi connectivity index (χ3n) is 4.66. The van der Waals surface area contributed by atoms with E-state index in [-0.39, 0.29) is 0 Å². The summed E-state index contributed by atoms with van der Waals surface area (Å²) in [5.74, 6) is -3.43. The van der Waals surface area contributed by atoms with Crippen LogP contribution in [-0.4, -0.2) is 60.4 Å². The third-order valence-corrected chi connectivity index (χ3v) is 4.66. The summed E-state index contributed by atoms with van der Waals surface area (Å²) in [5.41, 5.74) is -1.10. The van der Waals surface area contributed by atoms with Gasteiger partial charge in [0.25, 0.3) is 5.92 Å². The molecule has 4 nitrogen and oxygen atoms in total. The Balaban J connectivity index is 2.38. The van der Waals surface area contributed by atoms with Crippen molar-refractivity contribution < 1.29 is 13.2 Å². The first kappa shape index (κ1) is 23.6. The molecule has 1 heterocycles. The van der Waals surface area contributed by atoms with Crippen LogP contribution >= 0.6 is 0 Å². The van der Waals surface area contributed by atoms with Crippen molar-refractivity contribution in [2.45, 2.75) is 58.7 Å². The highest BCUT2D eigenvalue weighted by Crippen LogP contribution is 2.31. The molecule has 27 heavy (non-hydrogen) atoms. The summed E-state index contributed by atoms with van der Waals surface area (Å²) in [6.45, 7) is 10.0. The number of hydrogen-bond donors (Lipinski definition) is 1. The molecule has 0 aliphatic heterocycles. The molecule has 0 radical (unpaired) electrons. The number of alkyl halides is 3. The largest absolute Gasteiger partial charge is 0.311 e. The normalized spacial score (nSPS) is 14.8. The molecule has 0 fully saturated rings. The first-order valence-electron chi connectivity index (χ1n) is 9.64. The monoisotopic (exact) mass is 386 g/mol. The maximum Gasteiger partial charge on any atom is 0.280 e. The molecule has 0 aliphatic rings. The first-order chi connectivity index (χ1) is 12.7. The highest BCUT2D eigenvalue weighted by Gasteiger charge is 2.46. The fraction of sp³-hybridized carbons (Fsp3) is 0.700. The van der Waals surface area contributed by atoms with Crippen LogP contribution in [0.5, 0.6) is 0 Å². The van der Waals surface area contributed by atoms with E-state index in [1.54, 1.807) is 12.3 Å². The topological polar surface area (TPSA) is 40.5 Å². The van der Waals surface area contributed by atoms with E-state index in [4.69, 9.17) is 0 Å². The molecular weight excluding hydrogens is 353 g/mol. The van der Waals surface area contributed by atoms with E-state index in [2.05, 4.69) is 34.0 Å². The van der Waals surface area contributed by atoms with Gasteiger partial charge in [-0.05, 0) is 63.6 Å². The fourth-order valence-electron chi connectivity index (χ4n) is 2.48. The van der Waals surface area contributed by atoms with Crippen LogP contribution in [0.25, 0.3) is 0 Å². The van der Waals surface area contributed by atoms with E-state index < -0.39 is 18.1 Å². The van der Waals surface area contributed by atoms with Crippen molar-refractivity contribution in [2.75, 3.05) is 32.7 Å². The Kier molecular flexibility index (Phi) is 9.94. The number of hydrogen-bond acceptors (Lipinski definition) is 4. The molecule has 0 aliphatic carbocycles. The van der Waals surface area contributed by atoms with Gasteiger partial charge in [-0.2, -0.15) is 0 Å². The van der Waals surface area contributed by atoms with Gasteiger partial charge < -0.3 is 10.2 Å². The van der Waals surface area contributed by atoms with Crippen LogP contribution in [0.2, 0.25) is 0 Å². The van der Waals surface area contributed by atoms with E-state index >= 15 is 0 Å². The quantitative estimate of drug-likeness (QED) is 0.410. The van der Waals surface area contributed by atoms with Crippen molar-refractivity contribution in [1.82, 2.24) is 15.2 Å². The van der Waals surface area contributed by atoms with Gasteiger partial charge in [-0.1, -0.05) is 13.8 Å². The lowest BCUT2D eigenvalue weighted by atomic mass is 10.0. The predicted molar refractivity (Wildman–Crippen MR) is 106 cm³/mol. The zero-order chi connectivity index (χ0) is 20.3. The van der Waals surface area contributed by atoms with Crippen LogP contribution in [0, 0.1) is 0 Å². The molecule has 1 aromatic heterocycles. The average molecular weight is 387 g/mol. The summed E-state index contributed by atoms with van der Waals surface area (Å²) in [6, 6.07) is 3.54. The lowest BCUT2D eigenvalue weighted by Crippen LogP contribution is -2.41. The van der Waals surface area contributed by atoms with Crippen LogP contribution in [0.1, 0.15) is 51.8 Å². The van der Waals surface area contributed by atoms with Crippen LogP contribution in [0.4, 0.5) is 13.2 Å². The average Bonchev–Trinajstić information content (AvgIpc) is 2.60. The minimum Gasteiger partial charge on any atom is -0.311 e. The molecular formula is C20H33F3N4. The number of nitrogens with zero attached hydrogens (tertiary/aromatic N) is 3. The van der Waals surface area contributed by atoms with E-state index in [9.17, 15) is 13.2 Å². The molecule has 7 heteroatoms. The first-order valence-corrected chi connectivity index (χ1v) is 9.64. The van der Waals surface area contributed by atoms with Gasteiger partial charge in [-0.25, -0.2) is 13.2 Å². The van der Waals surface area contributed by atoms with Gasteiger partial charge in [0.2, 0.25) is 0 Å². The number of nitrogens with one attached hydrogen (secondary N) is 1. The summed E-state index contributed by atoms with van der Waals surface area (Å²) in [4.78, 5) is 10.5. The maximum atomic E-state index is 13.9. The Bertz CT molecular complexity index is 567. The lowest BCUT2D eigenvalue weighted by Gasteiger charge is -2.25. The Morgan fingerprint density at radius 3 is 2.52 bits per heavy atom. The lowest BCUT2D eigenvalue weighted by molar-refractivity contribution is -0.108. The molecule has 1 rings (SSSR count). The van der Waals surface area contributed by atoms with Gasteiger partial charge in [-0.3, -0.25) is 9.98 Å². The van der Waals surface area contributed by atoms with Crippen LogP contribution in [0.3, 0.4) is 0 Å². The van der Waals surface area contributed by atoms with E-state index in [1.165, 1.54) is 6.21 Å². The molecule has 1 atom stereocenters. The van der Waals surface area contributed by atoms with E-state index in [0.29, 0.717) is 13.5 Å². The summed E-state index contributed by atoms with van der Waals surface area (Å²) in [5, 5.41) is 3.35. The second-order valence-corrected chi connectivity index (χ2v) is 7.05. The Labute approximate surface area is 161 Å². The third kappa shape index (κ3) is 8.84. The van der Waals surface area contributed by atoms with Crippen molar-refractivity contribution in [3.05, 3.63) is 29.6 Å². The number of aliphatic imine (C=N–C) groups is 1. The maximum absolute atomic E-state index is 13.9. The predicted octanol–water partition coefficient (Wildman–Crippen LogP) is 4.10. The molecule has 0 amide bonds. The van der Waals surface area contributed by atoms with Gasteiger partial charge >= 0.3 is 0 Å². The van der Waals surface area contributed by atoms with E-state index in [0.717, 1.165) is 57.2 Å². The minimum atomic E-state index is -3.43. The summed E-state index contributed by atoms with van der Waals surface area (Å²) < 4.78 is 40.1. The number of unbranched alkanes of at least 4 members (excludes halogenated alkanes) is 1. The molecule has 0 saturated carbocycles. The summed E-state index contributed by atoms with van der Waals surface area (Å²) >= 11 is 0. The van der Waals surface area contributed by atoms with Crippen LogP contribution in [-0.2, 0) is 6.54 Å². The van der Waals surface area contributed by atoms with Crippen molar-refractivity contribution in [3.8, 4) is 0 Å². The Morgan fingerprint density at radius 1 is 1.19 bits per heavy atom.